The summed E-state index contributed by atoms with van der Waals surface area (Å²) in [6.45, 7) is 2.00. The molecule has 2 aromatic rings. The fraction of sp³-hybridized carbons (Fsp3) is 0.263. The molecule has 0 radical (unpaired) electrons. The molecule has 0 aromatic heterocycles. The van der Waals surface area contributed by atoms with Gasteiger partial charge in [-0.3, -0.25) is 9.59 Å². The number of rotatable bonds is 5. The summed E-state index contributed by atoms with van der Waals surface area (Å²) >= 11 is 0. The fourth-order valence-corrected chi connectivity index (χ4v) is 2.44. The smallest absolute Gasteiger partial charge is 0.253 e. The topological polar surface area (TPSA) is 49.4 Å². The molecule has 0 aliphatic heterocycles. The van der Waals surface area contributed by atoms with Gasteiger partial charge in [0, 0.05) is 25.3 Å². The number of carbonyl (C=O) groups excluding carboxylic acids is 2. The lowest BCUT2D eigenvalue weighted by Gasteiger charge is -2.16. The van der Waals surface area contributed by atoms with Gasteiger partial charge in [0.25, 0.3) is 5.91 Å². The van der Waals surface area contributed by atoms with Gasteiger partial charge >= 0.3 is 0 Å². The van der Waals surface area contributed by atoms with E-state index in [0.29, 0.717) is 11.3 Å². The molecule has 2 aromatic carbocycles. The van der Waals surface area contributed by atoms with Crippen LogP contribution in [0.1, 0.15) is 35.2 Å². The van der Waals surface area contributed by atoms with Crippen LogP contribution in [0.15, 0.2) is 54.6 Å². The zero-order chi connectivity index (χ0) is 16.8. The van der Waals surface area contributed by atoms with E-state index < -0.39 is 0 Å². The molecule has 23 heavy (non-hydrogen) atoms. The number of amides is 2. The van der Waals surface area contributed by atoms with Gasteiger partial charge in [-0.15, -0.1) is 0 Å². The highest BCUT2D eigenvalue weighted by atomic mass is 16.2. The second kappa shape index (κ2) is 7.58. The highest BCUT2D eigenvalue weighted by Crippen LogP contribution is 2.21. The van der Waals surface area contributed by atoms with Crippen molar-refractivity contribution in [3.05, 3.63) is 65.7 Å². The van der Waals surface area contributed by atoms with E-state index in [2.05, 4.69) is 5.32 Å². The Bertz CT molecular complexity index is 664. The number of anilines is 1. The van der Waals surface area contributed by atoms with Crippen LogP contribution < -0.4 is 5.32 Å². The first-order valence-electron chi connectivity index (χ1n) is 7.70. The highest BCUT2D eigenvalue weighted by molar-refractivity contribution is 5.97. The highest BCUT2D eigenvalue weighted by Gasteiger charge is 2.18. The molecule has 0 unspecified atom stereocenters. The van der Waals surface area contributed by atoms with Crippen LogP contribution in [0.5, 0.6) is 0 Å². The van der Waals surface area contributed by atoms with Crippen molar-refractivity contribution < 1.29 is 9.59 Å². The maximum Gasteiger partial charge on any atom is 0.253 e. The van der Waals surface area contributed by atoms with Gasteiger partial charge < -0.3 is 10.2 Å². The van der Waals surface area contributed by atoms with Gasteiger partial charge in [-0.25, -0.2) is 0 Å². The van der Waals surface area contributed by atoms with Gasteiger partial charge in [0.1, 0.15) is 0 Å². The zero-order valence-electron chi connectivity index (χ0n) is 13.7. The maximum atomic E-state index is 12.5. The lowest BCUT2D eigenvalue weighted by Crippen LogP contribution is -2.22. The Kier molecular flexibility index (Phi) is 5.52. The van der Waals surface area contributed by atoms with Crippen molar-refractivity contribution in [1.29, 1.82) is 0 Å². The molecule has 0 fully saturated rings. The van der Waals surface area contributed by atoms with Crippen molar-refractivity contribution in [2.24, 2.45) is 0 Å². The number of benzene rings is 2. The van der Waals surface area contributed by atoms with Crippen molar-refractivity contribution in [2.45, 2.75) is 19.3 Å². The fourth-order valence-electron chi connectivity index (χ4n) is 2.44. The normalized spacial score (nSPS) is 11.6. The molecule has 0 aliphatic carbocycles. The molecule has 1 N–H and O–H groups in total. The summed E-state index contributed by atoms with van der Waals surface area (Å²) < 4.78 is 0. The standard InChI is InChI=1S/C19H22N2O2/c1-4-17(14-8-6-5-7-9-14)18(22)20-16-12-10-15(11-13-16)19(23)21(2)3/h5-13,17H,4H2,1-3H3,(H,20,22)/t17-/m1/s1. The molecule has 4 nitrogen and oxygen atoms in total. The van der Waals surface area contributed by atoms with E-state index in [1.54, 1.807) is 38.4 Å². The van der Waals surface area contributed by atoms with Crippen LogP contribution in [-0.4, -0.2) is 30.8 Å². The van der Waals surface area contributed by atoms with Crippen LogP contribution in [0.25, 0.3) is 0 Å². The summed E-state index contributed by atoms with van der Waals surface area (Å²) in [4.78, 5) is 25.9. The van der Waals surface area contributed by atoms with E-state index >= 15 is 0 Å². The van der Waals surface area contributed by atoms with E-state index in [1.165, 1.54) is 4.90 Å². The second-order valence-corrected chi connectivity index (χ2v) is 5.64. The lowest BCUT2D eigenvalue weighted by molar-refractivity contribution is -0.117. The molecule has 0 aliphatic rings. The molecular weight excluding hydrogens is 288 g/mol. The largest absolute Gasteiger partial charge is 0.345 e. The molecule has 1 atom stereocenters. The summed E-state index contributed by atoms with van der Waals surface area (Å²) in [6, 6.07) is 16.7. The van der Waals surface area contributed by atoms with E-state index in [1.807, 2.05) is 37.3 Å². The number of carbonyl (C=O) groups is 2. The third kappa shape index (κ3) is 4.19. The Balaban J connectivity index is 2.09. The molecule has 0 bridgehead atoms. The molecule has 2 rings (SSSR count). The Hall–Kier alpha value is -2.62. The molecule has 120 valence electrons. The monoisotopic (exact) mass is 310 g/mol. The van der Waals surface area contributed by atoms with Crippen LogP contribution in [0.4, 0.5) is 5.69 Å². The van der Waals surface area contributed by atoms with E-state index in [0.717, 1.165) is 12.0 Å². The van der Waals surface area contributed by atoms with E-state index in [9.17, 15) is 9.59 Å². The summed E-state index contributed by atoms with van der Waals surface area (Å²) in [5, 5.41) is 2.92. The second-order valence-electron chi connectivity index (χ2n) is 5.64. The average Bonchev–Trinajstić information content (AvgIpc) is 2.56. The minimum atomic E-state index is -0.181. The maximum absolute atomic E-state index is 12.5. The van der Waals surface area contributed by atoms with Crippen molar-refractivity contribution in [3.63, 3.8) is 0 Å². The number of nitrogens with one attached hydrogen (secondary N) is 1. The first kappa shape index (κ1) is 16.7. The minimum absolute atomic E-state index is 0.0367. The number of hydrogen-bond donors (Lipinski definition) is 1. The summed E-state index contributed by atoms with van der Waals surface area (Å²) in [6.07, 6.45) is 0.729. The molecule has 0 saturated carbocycles. The molecular formula is C19H22N2O2. The van der Waals surface area contributed by atoms with Crippen molar-refractivity contribution in [2.75, 3.05) is 19.4 Å². The summed E-state index contributed by atoms with van der Waals surface area (Å²) in [5.41, 5.74) is 2.30. The Morgan fingerprint density at radius 2 is 1.61 bits per heavy atom. The van der Waals surface area contributed by atoms with Crippen LogP contribution in [-0.2, 0) is 4.79 Å². The third-order valence-electron chi connectivity index (χ3n) is 3.73. The zero-order valence-corrected chi connectivity index (χ0v) is 13.7. The Morgan fingerprint density at radius 3 is 2.13 bits per heavy atom. The van der Waals surface area contributed by atoms with Gasteiger partial charge in [-0.2, -0.15) is 0 Å². The van der Waals surface area contributed by atoms with Gasteiger partial charge in [0.05, 0.1) is 5.92 Å². The predicted octanol–water partition coefficient (Wildman–Crippen LogP) is 3.52. The van der Waals surface area contributed by atoms with Gasteiger partial charge in [-0.05, 0) is 36.2 Å². The molecule has 4 heteroatoms. The van der Waals surface area contributed by atoms with Crippen LogP contribution in [0.3, 0.4) is 0 Å². The lowest BCUT2D eigenvalue weighted by atomic mass is 9.95. The SMILES string of the molecule is CC[C@@H](C(=O)Nc1ccc(C(=O)N(C)C)cc1)c1ccccc1. The van der Waals surface area contributed by atoms with Gasteiger partial charge in [0.15, 0.2) is 0 Å². The Morgan fingerprint density at radius 1 is 1.00 bits per heavy atom. The summed E-state index contributed by atoms with van der Waals surface area (Å²) in [7, 11) is 3.42. The predicted molar refractivity (Wildman–Crippen MR) is 92.6 cm³/mol. The van der Waals surface area contributed by atoms with E-state index in [4.69, 9.17) is 0 Å². The van der Waals surface area contributed by atoms with Crippen LogP contribution in [0, 0.1) is 0 Å². The van der Waals surface area contributed by atoms with Crippen molar-refractivity contribution in [1.82, 2.24) is 4.90 Å². The molecule has 0 saturated heterocycles. The van der Waals surface area contributed by atoms with Gasteiger partial charge in [-0.1, -0.05) is 37.3 Å². The van der Waals surface area contributed by atoms with Crippen LogP contribution >= 0.6 is 0 Å². The quantitative estimate of drug-likeness (QED) is 0.918. The number of nitrogens with zero attached hydrogens (tertiary/aromatic N) is 1. The first-order chi connectivity index (χ1) is 11.0. The average molecular weight is 310 g/mol. The molecule has 0 heterocycles. The minimum Gasteiger partial charge on any atom is -0.345 e. The Labute approximate surface area is 137 Å². The van der Waals surface area contributed by atoms with E-state index in [-0.39, 0.29) is 17.7 Å². The van der Waals surface area contributed by atoms with Crippen molar-refractivity contribution in [3.8, 4) is 0 Å². The van der Waals surface area contributed by atoms with Crippen molar-refractivity contribution >= 4 is 17.5 Å². The molecule has 2 amide bonds. The third-order valence-corrected chi connectivity index (χ3v) is 3.73. The first-order valence-corrected chi connectivity index (χ1v) is 7.70. The van der Waals surface area contributed by atoms with Crippen LogP contribution in [0.2, 0.25) is 0 Å². The summed E-state index contributed by atoms with van der Waals surface area (Å²) in [5.74, 6) is -0.275. The van der Waals surface area contributed by atoms with Gasteiger partial charge in [0.2, 0.25) is 5.91 Å². The number of hydrogen-bond acceptors (Lipinski definition) is 2. The molecule has 0 spiro atoms.